The van der Waals surface area contributed by atoms with Crippen molar-refractivity contribution in [3.63, 3.8) is 0 Å². The Balaban J connectivity index is 1.44. The summed E-state index contributed by atoms with van der Waals surface area (Å²) in [5.74, 6) is -4.79. The van der Waals surface area contributed by atoms with Crippen LogP contribution in [0.1, 0.15) is 42.7 Å². The molecule has 1 aliphatic carbocycles. The molecule has 5 nitrogen and oxygen atoms in total. The zero-order chi connectivity index (χ0) is 20.1. The molecule has 2 aromatic rings. The molecule has 7 heteroatoms. The van der Waals surface area contributed by atoms with Gasteiger partial charge in [0.15, 0.2) is 5.82 Å². The number of alkyl halides is 2. The van der Waals surface area contributed by atoms with E-state index in [1.165, 1.54) is 0 Å². The molecule has 0 radical (unpaired) electrons. The lowest BCUT2D eigenvalue weighted by Crippen LogP contribution is -2.34. The fourth-order valence-electron chi connectivity index (χ4n) is 4.40. The normalized spacial score (nSPS) is 26.8. The molecule has 1 aliphatic heterocycles. The maximum atomic E-state index is 14.1. The van der Waals surface area contributed by atoms with Crippen molar-refractivity contribution in [2.24, 2.45) is 5.41 Å². The third-order valence-corrected chi connectivity index (χ3v) is 6.35. The Labute approximate surface area is 162 Å². The van der Waals surface area contributed by atoms with Crippen molar-refractivity contribution >= 4 is 17.5 Å². The molecule has 2 heterocycles. The first-order valence-electron chi connectivity index (χ1n) is 9.43. The van der Waals surface area contributed by atoms with Gasteiger partial charge in [-0.05, 0) is 48.9 Å². The molecule has 4 rings (SSSR count). The number of benzene rings is 1. The zero-order valence-corrected chi connectivity index (χ0v) is 15.6. The molecule has 1 saturated heterocycles. The molecule has 0 amide bonds. The van der Waals surface area contributed by atoms with Gasteiger partial charge in [0.2, 0.25) is 0 Å². The second kappa shape index (κ2) is 6.43. The van der Waals surface area contributed by atoms with Gasteiger partial charge in [0, 0.05) is 19.3 Å². The SMILES string of the molecule is CC1(C(=O)O)C(c2ccc(C3CCN(c4ncccc4N)CC3)cc2)C1(F)F. The third kappa shape index (κ3) is 2.72. The quantitative estimate of drug-likeness (QED) is 0.833. The highest BCUT2D eigenvalue weighted by molar-refractivity contribution is 5.83. The third-order valence-electron chi connectivity index (χ3n) is 6.35. The molecule has 2 fully saturated rings. The van der Waals surface area contributed by atoms with Crippen LogP contribution in [-0.2, 0) is 4.79 Å². The predicted molar refractivity (Wildman–Crippen MR) is 103 cm³/mol. The summed E-state index contributed by atoms with van der Waals surface area (Å²) in [5, 5.41) is 9.18. The van der Waals surface area contributed by atoms with Gasteiger partial charge in [-0.25, -0.2) is 13.8 Å². The predicted octanol–water partition coefficient (Wildman–Crippen LogP) is 3.87. The summed E-state index contributed by atoms with van der Waals surface area (Å²) in [5.41, 5.74) is 6.14. The first kappa shape index (κ1) is 18.7. The van der Waals surface area contributed by atoms with Crippen molar-refractivity contribution in [1.82, 2.24) is 4.98 Å². The first-order chi connectivity index (χ1) is 13.3. The summed E-state index contributed by atoms with van der Waals surface area (Å²) >= 11 is 0. The minimum absolute atomic E-state index is 0.334. The summed E-state index contributed by atoms with van der Waals surface area (Å²) < 4.78 is 28.1. The number of rotatable bonds is 4. The Morgan fingerprint density at radius 2 is 1.79 bits per heavy atom. The van der Waals surface area contributed by atoms with Crippen LogP contribution in [0.25, 0.3) is 0 Å². The fraction of sp³-hybridized carbons (Fsp3) is 0.429. The molecule has 0 spiro atoms. The highest BCUT2D eigenvalue weighted by Gasteiger charge is 2.82. The smallest absolute Gasteiger partial charge is 0.316 e. The number of anilines is 2. The monoisotopic (exact) mass is 387 g/mol. The van der Waals surface area contributed by atoms with Gasteiger partial charge in [0.1, 0.15) is 5.41 Å². The van der Waals surface area contributed by atoms with Crippen LogP contribution in [0.2, 0.25) is 0 Å². The lowest BCUT2D eigenvalue weighted by atomic mass is 9.88. The van der Waals surface area contributed by atoms with Crippen LogP contribution in [0.3, 0.4) is 0 Å². The van der Waals surface area contributed by atoms with E-state index in [4.69, 9.17) is 5.73 Å². The van der Waals surface area contributed by atoms with Gasteiger partial charge in [0.25, 0.3) is 5.92 Å². The van der Waals surface area contributed by atoms with Gasteiger partial charge in [-0.1, -0.05) is 24.3 Å². The topological polar surface area (TPSA) is 79.5 Å². The number of halogens is 2. The number of nitrogens with zero attached hydrogens (tertiary/aromatic N) is 2. The largest absolute Gasteiger partial charge is 0.481 e. The van der Waals surface area contributed by atoms with Crippen molar-refractivity contribution in [2.45, 2.75) is 37.5 Å². The summed E-state index contributed by atoms with van der Waals surface area (Å²) in [6.45, 7) is 2.77. The number of hydrogen-bond acceptors (Lipinski definition) is 4. The second-order valence-electron chi connectivity index (χ2n) is 7.91. The van der Waals surface area contributed by atoms with Crippen LogP contribution >= 0.6 is 0 Å². The molecule has 1 saturated carbocycles. The van der Waals surface area contributed by atoms with Crippen LogP contribution in [0.15, 0.2) is 42.6 Å². The van der Waals surface area contributed by atoms with Crippen LogP contribution in [-0.4, -0.2) is 35.1 Å². The molecule has 2 aliphatic rings. The average molecular weight is 387 g/mol. The van der Waals surface area contributed by atoms with Gasteiger partial charge in [-0.3, -0.25) is 4.79 Å². The van der Waals surface area contributed by atoms with E-state index in [9.17, 15) is 18.7 Å². The average Bonchev–Trinajstić information content (AvgIpc) is 3.16. The van der Waals surface area contributed by atoms with Crippen molar-refractivity contribution < 1.29 is 18.7 Å². The van der Waals surface area contributed by atoms with E-state index in [0.29, 0.717) is 17.2 Å². The standard InChI is InChI=1S/C21H23F2N3O2/c1-20(19(27)28)17(21(20,22)23)15-6-4-13(5-7-15)14-8-11-26(12-9-14)18-16(24)3-2-10-25-18/h2-7,10,14,17H,8-9,11-12,24H2,1H3,(H,27,28). The summed E-state index contributed by atoms with van der Waals surface area (Å²) in [7, 11) is 0. The van der Waals surface area contributed by atoms with E-state index in [-0.39, 0.29) is 0 Å². The molecule has 0 bridgehead atoms. The van der Waals surface area contributed by atoms with E-state index in [0.717, 1.165) is 44.2 Å². The molecule has 2 atom stereocenters. The number of carboxylic acid groups (broad SMARTS) is 1. The molecule has 3 N–H and O–H groups in total. The van der Waals surface area contributed by atoms with E-state index >= 15 is 0 Å². The molecule has 28 heavy (non-hydrogen) atoms. The highest BCUT2D eigenvalue weighted by atomic mass is 19.3. The maximum Gasteiger partial charge on any atom is 0.316 e. The number of carbonyl (C=O) groups is 1. The first-order valence-corrected chi connectivity index (χ1v) is 9.43. The molecule has 2 unspecified atom stereocenters. The van der Waals surface area contributed by atoms with E-state index in [1.54, 1.807) is 18.3 Å². The fourth-order valence-corrected chi connectivity index (χ4v) is 4.40. The van der Waals surface area contributed by atoms with Crippen LogP contribution in [0.4, 0.5) is 20.3 Å². The Hall–Kier alpha value is -2.70. The maximum absolute atomic E-state index is 14.1. The highest BCUT2D eigenvalue weighted by Crippen LogP contribution is 2.71. The van der Waals surface area contributed by atoms with Crippen LogP contribution in [0.5, 0.6) is 0 Å². The number of hydrogen-bond donors (Lipinski definition) is 2. The number of nitrogens with two attached hydrogens (primary N) is 1. The Morgan fingerprint density at radius 3 is 2.32 bits per heavy atom. The number of pyridine rings is 1. The lowest BCUT2D eigenvalue weighted by molar-refractivity contribution is -0.146. The van der Waals surface area contributed by atoms with Gasteiger partial charge < -0.3 is 15.7 Å². The summed E-state index contributed by atoms with van der Waals surface area (Å²) in [6.07, 6.45) is 3.57. The van der Waals surface area contributed by atoms with Crippen molar-refractivity contribution in [1.29, 1.82) is 0 Å². The molecule has 1 aromatic carbocycles. The van der Waals surface area contributed by atoms with Gasteiger partial charge in [-0.2, -0.15) is 0 Å². The van der Waals surface area contributed by atoms with Crippen LogP contribution in [0, 0.1) is 5.41 Å². The van der Waals surface area contributed by atoms with Crippen LogP contribution < -0.4 is 10.6 Å². The molecular formula is C21H23F2N3O2. The Morgan fingerprint density at radius 1 is 1.18 bits per heavy atom. The van der Waals surface area contributed by atoms with Crippen molar-refractivity contribution in [3.8, 4) is 0 Å². The summed E-state index contributed by atoms with van der Waals surface area (Å²) in [4.78, 5) is 17.8. The minimum Gasteiger partial charge on any atom is -0.481 e. The van der Waals surface area contributed by atoms with Gasteiger partial charge in [0.05, 0.1) is 11.6 Å². The number of aromatic nitrogens is 1. The lowest BCUT2D eigenvalue weighted by Gasteiger charge is -2.33. The number of carboxylic acids is 1. The van der Waals surface area contributed by atoms with Crippen molar-refractivity contribution in [3.05, 3.63) is 53.7 Å². The number of piperidine rings is 1. The van der Waals surface area contributed by atoms with Gasteiger partial charge >= 0.3 is 5.97 Å². The van der Waals surface area contributed by atoms with Gasteiger partial charge in [-0.15, -0.1) is 0 Å². The number of nitrogen functional groups attached to an aromatic ring is 1. The van der Waals surface area contributed by atoms with E-state index in [2.05, 4.69) is 9.88 Å². The molecule has 148 valence electrons. The van der Waals surface area contributed by atoms with E-state index in [1.807, 2.05) is 24.3 Å². The molecular weight excluding hydrogens is 364 g/mol. The zero-order valence-electron chi connectivity index (χ0n) is 15.6. The summed E-state index contributed by atoms with van der Waals surface area (Å²) in [6, 6.07) is 10.7. The Kier molecular flexibility index (Phi) is 4.28. The molecule has 1 aromatic heterocycles. The number of aliphatic carboxylic acids is 1. The minimum atomic E-state index is -3.21. The van der Waals surface area contributed by atoms with Crippen molar-refractivity contribution in [2.75, 3.05) is 23.7 Å². The Bertz CT molecular complexity index is 895. The second-order valence-corrected chi connectivity index (χ2v) is 7.91. The van der Waals surface area contributed by atoms with E-state index < -0.39 is 23.2 Å².